The van der Waals surface area contributed by atoms with Crippen molar-refractivity contribution in [2.24, 2.45) is 16.3 Å². The normalized spacial score (nSPS) is 32.4. The molecule has 3 atom stereocenters. The van der Waals surface area contributed by atoms with Crippen LogP contribution in [-0.2, 0) is 9.53 Å². The maximum Gasteiger partial charge on any atom is 0.233 e. The maximum atomic E-state index is 11.6. The lowest BCUT2D eigenvalue weighted by atomic mass is 9.54. The Morgan fingerprint density at radius 2 is 1.89 bits per heavy atom. The summed E-state index contributed by atoms with van der Waals surface area (Å²) in [7, 11) is 3.57. The molecule has 3 N–H and O–H groups in total. The maximum absolute atomic E-state index is 11.6. The Balaban J connectivity index is 0.00000225. The summed E-state index contributed by atoms with van der Waals surface area (Å²) in [6.07, 6.45) is 9.00. The van der Waals surface area contributed by atoms with Gasteiger partial charge in [0, 0.05) is 57.2 Å². The SMILES string of the molecule is CN=C(NC1CCN(CC(=O)NC)CC1)NC1C2CCOC2C12CCCC2.I. The number of nitrogens with one attached hydrogen (secondary N) is 3. The number of carbonyl (C=O) groups excluding carboxylic acids is 1. The van der Waals surface area contributed by atoms with Crippen LogP contribution in [0.15, 0.2) is 4.99 Å². The van der Waals surface area contributed by atoms with Crippen molar-refractivity contribution in [1.82, 2.24) is 20.9 Å². The van der Waals surface area contributed by atoms with E-state index in [1.165, 1.54) is 32.1 Å². The summed E-state index contributed by atoms with van der Waals surface area (Å²) in [4.78, 5) is 18.3. The van der Waals surface area contributed by atoms with E-state index in [1.54, 1.807) is 7.05 Å². The van der Waals surface area contributed by atoms with Crippen LogP contribution >= 0.6 is 24.0 Å². The highest BCUT2D eigenvalue weighted by Gasteiger charge is 2.65. The molecule has 0 bridgehead atoms. The monoisotopic (exact) mass is 505 g/mol. The van der Waals surface area contributed by atoms with Crippen molar-refractivity contribution in [2.75, 3.05) is 40.3 Å². The average molecular weight is 505 g/mol. The molecule has 1 amide bonds. The fourth-order valence-corrected chi connectivity index (χ4v) is 5.93. The lowest BCUT2D eigenvalue weighted by molar-refractivity contribution is -0.125. The minimum atomic E-state index is 0. The highest BCUT2D eigenvalue weighted by Crippen LogP contribution is 2.60. The zero-order chi connectivity index (χ0) is 18.9. The molecule has 0 radical (unpaired) electrons. The second-order valence-corrected chi connectivity index (χ2v) is 8.75. The molecule has 2 saturated heterocycles. The van der Waals surface area contributed by atoms with Crippen molar-refractivity contribution in [1.29, 1.82) is 0 Å². The number of likely N-dealkylation sites (N-methyl/N-ethyl adjacent to an activating group) is 1. The number of hydrogen-bond donors (Lipinski definition) is 3. The van der Waals surface area contributed by atoms with Gasteiger partial charge in [-0.2, -0.15) is 0 Å². The van der Waals surface area contributed by atoms with Gasteiger partial charge in [-0.3, -0.25) is 14.7 Å². The van der Waals surface area contributed by atoms with Crippen molar-refractivity contribution in [3.8, 4) is 0 Å². The van der Waals surface area contributed by atoms with Crippen LogP contribution in [0.3, 0.4) is 0 Å². The molecular formula is C20H36IN5O2. The molecule has 1 spiro atoms. The molecule has 28 heavy (non-hydrogen) atoms. The minimum absolute atomic E-state index is 0. The average Bonchev–Trinajstić information content (AvgIpc) is 3.35. The quantitative estimate of drug-likeness (QED) is 0.306. The Morgan fingerprint density at radius 1 is 1.18 bits per heavy atom. The van der Waals surface area contributed by atoms with Gasteiger partial charge in [0.15, 0.2) is 5.96 Å². The molecule has 4 fully saturated rings. The Hall–Kier alpha value is -0.610. The lowest BCUT2D eigenvalue weighted by Crippen LogP contribution is -2.69. The van der Waals surface area contributed by atoms with Crippen molar-refractivity contribution >= 4 is 35.8 Å². The molecule has 7 nitrogen and oxygen atoms in total. The van der Waals surface area contributed by atoms with E-state index in [2.05, 4.69) is 25.8 Å². The molecule has 0 aromatic heterocycles. The van der Waals surface area contributed by atoms with Crippen LogP contribution in [0.4, 0.5) is 0 Å². The van der Waals surface area contributed by atoms with Crippen LogP contribution in [0.2, 0.25) is 0 Å². The second-order valence-electron chi connectivity index (χ2n) is 8.75. The molecule has 2 aliphatic carbocycles. The van der Waals surface area contributed by atoms with Gasteiger partial charge >= 0.3 is 0 Å². The van der Waals surface area contributed by atoms with Crippen LogP contribution in [0.1, 0.15) is 44.9 Å². The second kappa shape index (κ2) is 9.47. The zero-order valence-electron chi connectivity index (χ0n) is 17.2. The van der Waals surface area contributed by atoms with Gasteiger partial charge in [0.1, 0.15) is 0 Å². The summed E-state index contributed by atoms with van der Waals surface area (Å²) < 4.78 is 6.10. The van der Waals surface area contributed by atoms with Crippen molar-refractivity contribution in [3.05, 3.63) is 0 Å². The summed E-state index contributed by atoms with van der Waals surface area (Å²) >= 11 is 0. The third-order valence-electron chi connectivity index (χ3n) is 7.38. The molecule has 2 heterocycles. The predicted molar refractivity (Wildman–Crippen MR) is 121 cm³/mol. The highest BCUT2D eigenvalue weighted by atomic mass is 127. The highest BCUT2D eigenvalue weighted by molar-refractivity contribution is 14.0. The number of ether oxygens (including phenoxy) is 1. The smallest absolute Gasteiger partial charge is 0.233 e. The van der Waals surface area contributed by atoms with Crippen LogP contribution in [-0.4, -0.2) is 75.3 Å². The molecule has 2 aliphatic heterocycles. The van der Waals surface area contributed by atoms with Gasteiger partial charge < -0.3 is 20.7 Å². The summed E-state index contributed by atoms with van der Waals surface area (Å²) in [5.74, 6) is 1.69. The Bertz CT molecular complexity index is 573. The van der Waals surface area contributed by atoms with Crippen molar-refractivity contribution < 1.29 is 9.53 Å². The number of nitrogens with zero attached hydrogens (tertiary/aromatic N) is 2. The van der Waals surface area contributed by atoms with Crippen molar-refractivity contribution in [2.45, 2.75) is 63.1 Å². The molecule has 0 aromatic rings. The number of hydrogen-bond acceptors (Lipinski definition) is 4. The third kappa shape index (κ3) is 4.14. The summed E-state index contributed by atoms with van der Waals surface area (Å²) in [6, 6.07) is 0.930. The summed E-state index contributed by atoms with van der Waals surface area (Å²) in [5.41, 5.74) is 0.343. The number of piperidine rings is 1. The summed E-state index contributed by atoms with van der Waals surface area (Å²) in [6.45, 7) is 3.33. The standard InChI is InChI=1S/C20H35N5O2.HI/c1-21-16(26)13-25-10-5-14(6-11-25)23-19(22-2)24-17-15-7-12-27-18(15)20(17)8-3-4-9-20;/h14-15,17-18H,3-13H2,1-2H3,(H,21,26)(H2,22,23,24);1H. The first-order chi connectivity index (χ1) is 13.2. The fourth-order valence-electron chi connectivity index (χ4n) is 5.93. The third-order valence-corrected chi connectivity index (χ3v) is 7.38. The van der Waals surface area contributed by atoms with E-state index in [-0.39, 0.29) is 29.9 Å². The van der Waals surface area contributed by atoms with Crippen LogP contribution in [0.25, 0.3) is 0 Å². The predicted octanol–water partition coefficient (Wildman–Crippen LogP) is 1.33. The van der Waals surface area contributed by atoms with E-state index < -0.39 is 0 Å². The zero-order valence-corrected chi connectivity index (χ0v) is 19.5. The van der Waals surface area contributed by atoms with Crippen molar-refractivity contribution in [3.63, 3.8) is 0 Å². The van der Waals surface area contributed by atoms with E-state index in [9.17, 15) is 4.79 Å². The lowest BCUT2D eigenvalue weighted by Gasteiger charge is -2.57. The first kappa shape index (κ1) is 22.1. The number of fused-ring (bicyclic) bond motifs is 2. The molecule has 3 unspecified atom stereocenters. The van der Waals surface area contributed by atoms with Gasteiger partial charge in [0.25, 0.3) is 0 Å². The molecule has 160 valence electrons. The van der Waals surface area contributed by atoms with Gasteiger partial charge in [-0.15, -0.1) is 24.0 Å². The van der Waals surface area contributed by atoms with Crippen LogP contribution < -0.4 is 16.0 Å². The molecule has 2 saturated carbocycles. The number of aliphatic imine (C=N–C) groups is 1. The van der Waals surface area contributed by atoms with Gasteiger partial charge in [-0.05, 0) is 32.1 Å². The van der Waals surface area contributed by atoms with E-state index >= 15 is 0 Å². The van der Waals surface area contributed by atoms with Crippen LogP contribution in [0, 0.1) is 11.3 Å². The number of halogens is 1. The number of likely N-dealkylation sites (tertiary alicyclic amines) is 1. The van der Waals surface area contributed by atoms with E-state index in [0.717, 1.165) is 38.5 Å². The van der Waals surface area contributed by atoms with Gasteiger partial charge in [0.05, 0.1) is 12.6 Å². The first-order valence-corrected chi connectivity index (χ1v) is 10.7. The largest absolute Gasteiger partial charge is 0.377 e. The molecule has 4 rings (SSSR count). The number of guanidine groups is 1. The Labute approximate surface area is 185 Å². The minimum Gasteiger partial charge on any atom is -0.377 e. The Morgan fingerprint density at radius 3 is 2.54 bits per heavy atom. The topological polar surface area (TPSA) is 78.0 Å². The first-order valence-electron chi connectivity index (χ1n) is 10.7. The number of carbonyl (C=O) groups is 1. The van der Waals surface area contributed by atoms with Gasteiger partial charge in [-0.1, -0.05) is 12.8 Å². The van der Waals surface area contributed by atoms with E-state index in [1.807, 2.05) is 7.05 Å². The van der Waals surface area contributed by atoms with E-state index in [0.29, 0.717) is 36.1 Å². The Kier molecular flexibility index (Phi) is 7.47. The molecule has 0 aromatic carbocycles. The van der Waals surface area contributed by atoms with Gasteiger partial charge in [0.2, 0.25) is 5.91 Å². The molecular weight excluding hydrogens is 469 g/mol. The molecule has 8 heteroatoms. The van der Waals surface area contributed by atoms with Crippen LogP contribution in [0.5, 0.6) is 0 Å². The number of rotatable bonds is 4. The van der Waals surface area contributed by atoms with E-state index in [4.69, 9.17) is 4.74 Å². The van der Waals surface area contributed by atoms with Gasteiger partial charge in [-0.25, -0.2) is 0 Å². The molecule has 4 aliphatic rings. The summed E-state index contributed by atoms with van der Waals surface area (Å²) in [5, 5.41) is 10.1. The fraction of sp³-hybridized carbons (Fsp3) is 0.900. The number of amides is 1.